The number of guanidine groups is 1. The molecular formula is C20H30N4O2. The highest BCUT2D eigenvalue weighted by molar-refractivity contribution is 5.79. The fraction of sp³-hybridized carbons (Fsp3) is 0.500. The summed E-state index contributed by atoms with van der Waals surface area (Å²) in [6.07, 6.45) is 1.99. The first kappa shape index (κ1) is 19.8. The minimum absolute atomic E-state index is 0.368. The van der Waals surface area contributed by atoms with Crippen molar-refractivity contribution in [1.82, 2.24) is 15.8 Å². The lowest BCUT2D eigenvalue weighted by Gasteiger charge is -2.11. The molecular weight excluding hydrogens is 328 g/mol. The van der Waals surface area contributed by atoms with E-state index >= 15 is 0 Å². The molecule has 6 nitrogen and oxygen atoms in total. The monoisotopic (exact) mass is 358 g/mol. The van der Waals surface area contributed by atoms with Gasteiger partial charge in [-0.05, 0) is 37.8 Å². The lowest BCUT2D eigenvalue weighted by molar-refractivity contribution is 0.307. The van der Waals surface area contributed by atoms with Crippen LogP contribution in [0.5, 0.6) is 5.75 Å². The zero-order valence-corrected chi connectivity index (χ0v) is 16.2. The molecule has 0 atom stereocenters. The first-order valence-electron chi connectivity index (χ1n) is 9.18. The second-order valence-corrected chi connectivity index (χ2v) is 6.59. The van der Waals surface area contributed by atoms with Crippen LogP contribution in [0.3, 0.4) is 0 Å². The predicted octanol–water partition coefficient (Wildman–Crippen LogP) is 3.63. The van der Waals surface area contributed by atoms with Gasteiger partial charge in [0.25, 0.3) is 0 Å². The number of aromatic nitrogens is 1. The van der Waals surface area contributed by atoms with E-state index in [0.29, 0.717) is 19.1 Å². The molecule has 6 heteroatoms. The standard InChI is InChI=1S/C20H30N4O2/c1-15(2)19-13-18(26-24-19)14-23-20(21-4)22-11-5-6-12-25-17-9-7-16(3)8-10-17/h7-10,13,15H,5-6,11-12,14H2,1-4H3,(H2,21,22,23). The molecule has 0 saturated heterocycles. The average molecular weight is 358 g/mol. The molecule has 2 rings (SSSR count). The predicted molar refractivity (Wildman–Crippen MR) is 105 cm³/mol. The maximum atomic E-state index is 5.73. The molecule has 0 radical (unpaired) electrons. The number of rotatable bonds is 9. The SMILES string of the molecule is CN=C(NCCCCOc1ccc(C)cc1)NCc1cc(C(C)C)no1. The minimum atomic E-state index is 0.368. The third-order valence-electron chi connectivity index (χ3n) is 3.98. The van der Waals surface area contributed by atoms with E-state index in [1.54, 1.807) is 7.05 Å². The van der Waals surface area contributed by atoms with Crippen molar-refractivity contribution < 1.29 is 9.26 Å². The molecule has 1 aromatic heterocycles. The number of hydrogen-bond acceptors (Lipinski definition) is 4. The van der Waals surface area contributed by atoms with Gasteiger partial charge in [0.2, 0.25) is 0 Å². The van der Waals surface area contributed by atoms with Crippen molar-refractivity contribution >= 4 is 5.96 Å². The van der Waals surface area contributed by atoms with Gasteiger partial charge >= 0.3 is 0 Å². The van der Waals surface area contributed by atoms with E-state index in [2.05, 4.69) is 53.7 Å². The Labute approximate surface area is 156 Å². The van der Waals surface area contributed by atoms with Crippen molar-refractivity contribution in [3.8, 4) is 5.75 Å². The van der Waals surface area contributed by atoms with E-state index in [9.17, 15) is 0 Å². The van der Waals surface area contributed by atoms with Crippen LogP contribution >= 0.6 is 0 Å². The summed E-state index contributed by atoms with van der Waals surface area (Å²) in [6, 6.07) is 10.1. The van der Waals surface area contributed by atoms with Crippen LogP contribution in [-0.4, -0.2) is 31.3 Å². The van der Waals surface area contributed by atoms with Crippen LogP contribution in [-0.2, 0) is 6.54 Å². The molecule has 2 aromatic rings. The Kier molecular flexibility index (Phi) is 7.99. The maximum absolute atomic E-state index is 5.73. The van der Waals surface area contributed by atoms with Crippen LogP contribution in [0, 0.1) is 6.92 Å². The Balaban J connectivity index is 1.58. The smallest absolute Gasteiger partial charge is 0.191 e. The number of aliphatic imine (C=N–C) groups is 1. The topological polar surface area (TPSA) is 71.7 Å². The quantitative estimate of drug-likeness (QED) is 0.407. The molecule has 0 aliphatic rings. The summed E-state index contributed by atoms with van der Waals surface area (Å²) in [4.78, 5) is 4.22. The number of aryl methyl sites for hydroxylation is 1. The number of ether oxygens (including phenoxy) is 1. The molecule has 1 heterocycles. The van der Waals surface area contributed by atoms with Crippen molar-refractivity contribution in [2.45, 2.75) is 46.1 Å². The van der Waals surface area contributed by atoms with Crippen LogP contribution in [0.15, 0.2) is 39.8 Å². The number of hydrogen-bond donors (Lipinski definition) is 2. The molecule has 0 amide bonds. The first-order valence-corrected chi connectivity index (χ1v) is 9.18. The van der Waals surface area contributed by atoms with Crippen LogP contribution in [0.2, 0.25) is 0 Å². The van der Waals surface area contributed by atoms with Crippen molar-refractivity contribution in [1.29, 1.82) is 0 Å². The summed E-state index contributed by atoms with van der Waals surface area (Å²) in [5.41, 5.74) is 2.21. The molecule has 0 spiro atoms. The number of nitrogens with one attached hydrogen (secondary N) is 2. The van der Waals surface area contributed by atoms with Crippen molar-refractivity contribution in [2.24, 2.45) is 4.99 Å². The highest BCUT2D eigenvalue weighted by Crippen LogP contribution is 2.14. The Morgan fingerprint density at radius 3 is 2.62 bits per heavy atom. The Bertz CT molecular complexity index is 677. The lowest BCUT2D eigenvalue weighted by atomic mass is 10.1. The number of benzene rings is 1. The van der Waals surface area contributed by atoms with Crippen LogP contribution in [0.1, 0.15) is 49.6 Å². The van der Waals surface area contributed by atoms with E-state index in [4.69, 9.17) is 9.26 Å². The molecule has 2 N–H and O–H groups in total. The van der Waals surface area contributed by atoms with E-state index in [-0.39, 0.29) is 0 Å². The molecule has 142 valence electrons. The van der Waals surface area contributed by atoms with Crippen LogP contribution in [0.25, 0.3) is 0 Å². The Morgan fingerprint density at radius 2 is 1.96 bits per heavy atom. The van der Waals surface area contributed by atoms with E-state index in [1.165, 1.54) is 5.56 Å². The zero-order valence-electron chi connectivity index (χ0n) is 16.2. The molecule has 0 aliphatic carbocycles. The van der Waals surface area contributed by atoms with Gasteiger partial charge in [-0.15, -0.1) is 0 Å². The summed E-state index contributed by atoms with van der Waals surface area (Å²) in [5, 5.41) is 10.6. The minimum Gasteiger partial charge on any atom is -0.494 e. The highest BCUT2D eigenvalue weighted by Gasteiger charge is 2.08. The Morgan fingerprint density at radius 1 is 1.19 bits per heavy atom. The van der Waals surface area contributed by atoms with Crippen molar-refractivity contribution in [3.05, 3.63) is 47.3 Å². The molecule has 0 aliphatic heterocycles. The van der Waals surface area contributed by atoms with Gasteiger partial charge in [-0.3, -0.25) is 4.99 Å². The third kappa shape index (κ3) is 6.78. The molecule has 1 aromatic carbocycles. The van der Waals surface area contributed by atoms with Gasteiger partial charge in [0.05, 0.1) is 18.8 Å². The van der Waals surface area contributed by atoms with Crippen LogP contribution < -0.4 is 15.4 Å². The second kappa shape index (κ2) is 10.5. The third-order valence-corrected chi connectivity index (χ3v) is 3.98. The van der Waals surface area contributed by atoms with Crippen molar-refractivity contribution in [2.75, 3.05) is 20.2 Å². The van der Waals surface area contributed by atoms with E-state index in [1.807, 2.05) is 18.2 Å². The highest BCUT2D eigenvalue weighted by atomic mass is 16.5. The van der Waals surface area contributed by atoms with E-state index in [0.717, 1.165) is 42.5 Å². The lowest BCUT2D eigenvalue weighted by Crippen LogP contribution is -2.37. The first-order chi connectivity index (χ1) is 12.6. The zero-order chi connectivity index (χ0) is 18.8. The molecule has 26 heavy (non-hydrogen) atoms. The molecule has 0 unspecified atom stereocenters. The van der Waals surface area contributed by atoms with Gasteiger partial charge < -0.3 is 19.9 Å². The van der Waals surface area contributed by atoms with Gasteiger partial charge in [-0.25, -0.2) is 0 Å². The van der Waals surface area contributed by atoms with Crippen LogP contribution in [0.4, 0.5) is 0 Å². The number of nitrogens with zero attached hydrogens (tertiary/aromatic N) is 2. The van der Waals surface area contributed by atoms with Crippen molar-refractivity contribution in [3.63, 3.8) is 0 Å². The van der Waals surface area contributed by atoms with E-state index < -0.39 is 0 Å². The van der Waals surface area contributed by atoms with Gasteiger partial charge in [-0.2, -0.15) is 0 Å². The summed E-state index contributed by atoms with van der Waals surface area (Å²) >= 11 is 0. The molecule has 0 saturated carbocycles. The second-order valence-electron chi connectivity index (χ2n) is 6.59. The molecule has 0 bridgehead atoms. The summed E-state index contributed by atoms with van der Waals surface area (Å²) in [5.74, 6) is 2.86. The number of unbranched alkanes of at least 4 members (excludes halogenated alkanes) is 1. The summed E-state index contributed by atoms with van der Waals surface area (Å²) in [7, 11) is 1.76. The fourth-order valence-corrected chi connectivity index (χ4v) is 2.33. The van der Waals surface area contributed by atoms with Gasteiger partial charge in [-0.1, -0.05) is 36.7 Å². The fourth-order valence-electron chi connectivity index (χ4n) is 2.33. The Hall–Kier alpha value is -2.50. The largest absolute Gasteiger partial charge is 0.494 e. The van der Waals surface area contributed by atoms with Gasteiger partial charge in [0.1, 0.15) is 5.75 Å². The maximum Gasteiger partial charge on any atom is 0.191 e. The van der Waals surface area contributed by atoms with Gasteiger partial charge in [0.15, 0.2) is 11.7 Å². The summed E-state index contributed by atoms with van der Waals surface area (Å²) < 4.78 is 11.0. The van der Waals surface area contributed by atoms with Gasteiger partial charge in [0, 0.05) is 19.7 Å². The normalized spacial score (nSPS) is 11.7. The summed E-state index contributed by atoms with van der Waals surface area (Å²) in [6.45, 7) is 8.38. The molecule has 0 fully saturated rings. The average Bonchev–Trinajstić information content (AvgIpc) is 3.11.